The summed E-state index contributed by atoms with van der Waals surface area (Å²) in [6.07, 6.45) is 4.06. The lowest BCUT2D eigenvalue weighted by atomic mass is 9.86. The van der Waals surface area contributed by atoms with Gasteiger partial charge in [-0.15, -0.1) is 0 Å². The molecule has 11 nitrogen and oxygen atoms in total. The fourth-order valence-corrected chi connectivity index (χ4v) is 4.26. The Balaban J connectivity index is 0.000000212. The van der Waals surface area contributed by atoms with E-state index in [9.17, 15) is 13.2 Å². The predicted octanol–water partition coefficient (Wildman–Crippen LogP) is 4.41. The molecule has 2 aromatic heterocycles. The molecule has 0 aliphatic carbocycles. The molecule has 0 aliphatic rings. The van der Waals surface area contributed by atoms with E-state index in [0.29, 0.717) is 34.3 Å². The number of nitrogens with one attached hydrogen (secondary N) is 1. The van der Waals surface area contributed by atoms with Crippen molar-refractivity contribution in [2.24, 2.45) is 7.05 Å². The maximum atomic E-state index is 11.3. The Bertz CT molecular complexity index is 1560. The van der Waals surface area contributed by atoms with Crippen molar-refractivity contribution in [3.8, 4) is 17.4 Å². The number of nitrogens with two attached hydrogens (primary N) is 1. The first kappa shape index (κ1) is 28.3. The fraction of sp³-hybridized carbons (Fsp3) is 0.269. The first-order valence-corrected chi connectivity index (χ1v) is 13.3. The number of anilines is 2. The number of sulfonamides is 1. The average molecular weight is 542 g/mol. The van der Waals surface area contributed by atoms with Gasteiger partial charge in [-0.3, -0.25) is 4.72 Å². The molecule has 0 spiro atoms. The van der Waals surface area contributed by atoms with Gasteiger partial charge in [0.05, 0.1) is 30.3 Å². The molecule has 0 fully saturated rings. The largest absolute Gasteiger partial charge is 0.492 e. The Morgan fingerprint density at radius 1 is 1.16 bits per heavy atom. The maximum absolute atomic E-state index is 11.3. The quantitative estimate of drug-likeness (QED) is 0.301. The van der Waals surface area contributed by atoms with Crippen LogP contribution in [0.25, 0.3) is 10.9 Å². The van der Waals surface area contributed by atoms with Crippen molar-refractivity contribution in [1.82, 2.24) is 14.5 Å². The SMILES string of the molecule is COc1c(N)cc(C(C)(C)C)cc1NS(C)(=O)=O.Cn1c(C(=O)O)cc2cccc(Oc3ccncn3)c21. The second-order valence-electron chi connectivity index (χ2n) is 9.51. The number of rotatable bonds is 6. The normalized spacial score (nSPS) is 11.4. The number of fused-ring (bicyclic) bond motifs is 1. The van der Waals surface area contributed by atoms with E-state index in [-0.39, 0.29) is 11.1 Å². The zero-order valence-electron chi connectivity index (χ0n) is 22.0. The predicted molar refractivity (Wildman–Crippen MR) is 147 cm³/mol. The van der Waals surface area contributed by atoms with Gasteiger partial charge >= 0.3 is 5.97 Å². The molecule has 0 bridgehead atoms. The molecule has 4 N–H and O–H groups in total. The highest BCUT2D eigenvalue weighted by Gasteiger charge is 2.20. The summed E-state index contributed by atoms with van der Waals surface area (Å²) >= 11 is 0. The van der Waals surface area contributed by atoms with Crippen molar-refractivity contribution >= 4 is 38.3 Å². The van der Waals surface area contributed by atoms with Crippen LogP contribution in [0.5, 0.6) is 17.4 Å². The summed E-state index contributed by atoms with van der Waals surface area (Å²) in [6.45, 7) is 6.08. The minimum atomic E-state index is -3.37. The number of nitrogens with zero attached hydrogens (tertiary/aromatic N) is 3. The molecule has 0 atom stereocenters. The third-order valence-electron chi connectivity index (χ3n) is 5.49. The van der Waals surface area contributed by atoms with Crippen LogP contribution >= 0.6 is 0 Å². The number of carboxylic acid groups (broad SMARTS) is 1. The standard InChI is InChI=1S/C14H11N3O3.C12H20N2O3S/c1-17-10(14(18)19)7-9-3-2-4-11(13(9)17)20-12-5-6-15-8-16-12;1-12(2,3)8-6-9(13)11(17-4)10(7-8)14-18(5,15)16/h2-8H,1H3,(H,18,19);6-7,14H,13H2,1-5H3. The van der Waals surface area contributed by atoms with Gasteiger partial charge in [0.2, 0.25) is 15.9 Å². The number of ether oxygens (including phenoxy) is 2. The molecular formula is C26H31N5O6S. The van der Waals surface area contributed by atoms with Crippen LogP contribution < -0.4 is 19.9 Å². The lowest BCUT2D eigenvalue weighted by molar-refractivity contribution is 0.0687. The Hall–Kier alpha value is -4.32. The Morgan fingerprint density at radius 3 is 2.42 bits per heavy atom. The van der Waals surface area contributed by atoms with Gasteiger partial charge in [0.25, 0.3) is 0 Å². The third kappa shape index (κ3) is 6.71. The van der Waals surface area contributed by atoms with Gasteiger partial charge in [-0.2, -0.15) is 0 Å². The van der Waals surface area contributed by atoms with Crippen LogP contribution in [0.3, 0.4) is 0 Å². The second kappa shape index (κ2) is 11.0. The lowest BCUT2D eigenvalue weighted by Crippen LogP contribution is -2.15. The molecule has 38 heavy (non-hydrogen) atoms. The van der Waals surface area contributed by atoms with Gasteiger partial charge in [0.15, 0.2) is 11.5 Å². The van der Waals surface area contributed by atoms with E-state index >= 15 is 0 Å². The number of para-hydroxylation sites is 1. The number of hydrogen-bond acceptors (Lipinski definition) is 8. The van der Waals surface area contributed by atoms with E-state index in [2.05, 4.69) is 14.7 Å². The van der Waals surface area contributed by atoms with Crippen molar-refractivity contribution in [3.63, 3.8) is 0 Å². The van der Waals surface area contributed by atoms with Crippen molar-refractivity contribution in [2.75, 3.05) is 23.8 Å². The smallest absolute Gasteiger partial charge is 0.352 e. The molecule has 4 rings (SSSR count). The number of benzene rings is 2. The van der Waals surface area contributed by atoms with Gasteiger partial charge in [0.1, 0.15) is 12.0 Å². The fourth-order valence-electron chi connectivity index (χ4n) is 3.71. The molecule has 0 radical (unpaired) electrons. The van der Waals surface area contributed by atoms with Crippen molar-refractivity contribution in [2.45, 2.75) is 26.2 Å². The zero-order chi connectivity index (χ0) is 28.3. The number of methoxy groups -OCH3 is 1. The highest BCUT2D eigenvalue weighted by Crippen LogP contribution is 2.37. The van der Waals surface area contributed by atoms with E-state index in [0.717, 1.165) is 17.2 Å². The Labute approximate surface area is 221 Å². The summed E-state index contributed by atoms with van der Waals surface area (Å²) in [5, 5.41) is 9.97. The number of aryl methyl sites for hydroxylation is 1. The number of nitrogen functional groups attached to an aromatic ring is 1. The molecule has 202 valence electrons. The van der Waals surface area contributed by atoms with E-state index in [1.807, 2.05) is 32.9 Å². The summed E-state index contributed by atoms with van der Waals surface area (Å²) in [5.41, 5.74) is 8.39. The Morgan fingerprint density at radius 2 is 1.87 bits per heavy atom. The van der Waals surface area contributed by atoms with Crippen LogP contribution in [-0.4, -0.2) is 47.4 Å². The highest BCUT2D eigenvalue weighted by atomic mass is 32.2. The van der Waals surface area contributed by atoms with Crippen molar-refractivity contribution in [1.29, 1.82) is 0 Å². The molecule has 0 saturated heterocycles. The number of carboxylic acids is 1. The van der Waals surface area contributed by atoms with E-state index in [1.165, 1.54) is 13.4 Å². The van der Waals surface area contributed by atoms with Crippen LogP contribution in [0.15, 0.2) is 55.0 Å². The van der Waals surface area contributed by atoms with Gasteiger partial charge < -0.3 is 24.9 Å². The van der Waals surface area contributed by atoms with E-state index in [1.54, 1.807) is 48.1 Å². The average Bonchev–Trinajstić information content (AvgIpc) is 3.16. The molecule has 0 amide bonds. The number of aromatic carboxylic acids is 1. The molecule has 0 saturated carbocycles. The van der Waals surface area contributed by atoms with E-state index in [4.69, 9.17) is 20.3 Å². The molecule has 0 aliphatic heterocycles. The van der Waals surface area contributed by atoms with Crippen LogP contribution in [0.1, 0.15) is 36.8 Å². The third-order valence-corrected chi connectivity index (χ3v) is 6.08. The molecular weight excluding hydrogens is 510 g/mol. The summed E-state index contributed by atoms with van der Waals surface area (Å²) in [5.74, 6) is 0.326. The molecule has 0 unspecified atom stereocenters. The summed E-state index contributed by atoms with van der Waals surface area (Å²) < 4.78 is 37.5. The summed E-state index contributed by atoms with van der Waals surface area (Å²) in [4.78, 5) is 19.0. The van der Waals surface area contributed by atoms with Gasteiger partial charge in [-0.05, 0) is 35.2 Å². The molecule has 4 aromatic rings. The van der Waals surface area contributed by atoms with Gasteiger partial charge in [0, 0.05) is 24.7 Å². The topological polar surface area (TPSA) is 159 Å². The zero-order valence-corrected chi connectivity index (χ0v) is 22.8. The van der Waals surface area contributed by atoms with Crippen LogP contribution in [0.4, 0.5) is 11.4 Å². The van der Waals surface area contributed by atoms with E-state index < -0.39 is 16.0 Å². The van der Waals surface area contributed by atoms with Crippen LogP contribution in [-0.2, 0) is 22.5 Å². The summed E-state index contributed by atoms with van der Waals surface area (Å²) in [6, 6.07) is 12.2. The van der Waals surface area contributed by atoms with Gasteiger partial charge in [-0.25, -0.2) is 23.2 Å². The van der Waals surface area contributed by atoms with Crippen LogP contribution in [0, 0.1) is 0 Å². The first-order chi connectivity index (χ1) is 17.7. The van der Waals surface area contributed by atoms with Crippen molar-refractivity contribution in [3.05, 3.63) is 66.2 Å². The lowest BCUT2D eigenvalue weighted by Gasteiger charge is -2.22. The van der Waals surface area contributed by atoms with Crippen LogP contribution in [0.2, 0.25) is 0 Å². The molecule has 2 heterocycles. The number of hydrogen-bond donors (Lipinski definition) is 3. The highest BCUT2D eigenvalue weighted by molar-refractivity contribution is 7.92. The first-order valence-electron chi connectivity index (χ1n) is 11.4. The minimum absolute atomic E-state index is 0.131. The maximum Gasteiger partial charge on any atom is 0.352 e. The molecule has 2 aromatic carbocycles. The van der Waals surface area contributed by atoms with Gasteiger partial charge in [-0.1, -0.05) is 32.9 Å². The second-order valence-corrected chi connectivity index (χ2v) is 11.3. The monoisotopic (exact) mass is 541 g/mol. The summed E-state index contributed by atoms with van der Waals surface area (Å²) in [7, 11) is -0.227. The molecule has 12 heteroatoms. The number of carbonyl (C=O) groups is 1. The minimum Gasteiger partial charge on any atom is -0.492 e. The van der Waals surface area contributed by atoms with Crippen molar-refractivity contribution < 1.29 is 27.8 Å². The Kier molecular flexibility index (Phi) is 8.16. The number of aromatic nitrogens is 3.